The zero-order chi connectivity index (χ0) is 11.7. The molecule has 0 radical (unpaired) electrons. The Morgan fingerprint density at radius 1 is 1.62 bits per heavy atom. The van der Waals surface area contributed by atoms with E-state index in [0.717, 1.165) is 10.7 Å². The van der Waals surface area contributed by atoms with E-state index in [1.54, 1.807) is 6.92 Å². The predicted octanol–water partition coefficient (Wildman–Crippen LogP) is 0.298. The number of imide groups is 1. The Balaban J connectivity index is 2.13. The van der Waals surface area contributed by atoms with E-state index in [0.29, 0.717) is 6.54 Å². The molecule has 2 heterocycles. The Hall–Kier alpha value is -1.27. The van der Waals surface area contributed by atoms with Crippen LogP contribution in [-0.4, -0.2) is 34.3 Å². The van der Waals surface area contributed by atoms with Crippen LogP contribution < -0.4 is 5.32 Å². The highest BCUT2D eigenvalue weighted by molar-refractivity contribution is 7.09. The zero-order valence-corrected chi connectivity index (χ0v) is 10.0. The van der Waals surface area contributed by atoms with Gasteiger partial charge in [0.05, 0.1) is 19.1 Å². The Morgan fingerprint density at radius 2 is 2.38 bits per heavy atom. The molecule has 86 valence electrons. The van der Waals surface area contributed by atoms with Gasteiger partial charge in [-0.1, -0.05) is 0 Å². The van der Waals surface area contributed by atoms with Crippen LogP contribution in [0, 0.1) is 6.92 Å². The number of carbonyl (C=O) groups excluding carboxylic acids is 2. The predicted molar refractivity (Wildman–Crippen MR) is 59.9 cm³/mol. The van der Waals surface area contributed by atoms with Gasteiger partial charge in [-0.25, -0.2) is 4.98 Å². The molecule has 2 rings (SSSR count). The van der Waals surface area contributed by atoms with Crippen LogP contribution in [0.4, 0.5) is 0 Å². The number of hydrogen-bond acceptors (Lipinski definition) is 5. The first kappa shape index (κ1) is 11.2. The van der Waals surface area contributed by atoms with Crippen LogP contribution in [0.5, 0.6) is 0 Å². The van der Waals surface area contributed by atoms with Gasteiger partial charge in [0.15, 0.2) is 0 Å². The quantitative estimate of drug-likeness (QED) is 0.754. The minimum Gasteiger partial charge on any atom is -0.298 e. The molecule has 0 aromatic carbocycles. The molecule has 16 heavy (non-hydrogen) atoms. The van der Waals surface area contributed by atoms with Crippen molar-refractivity contribution in [2.75, 3.05) is 6.54 Å². The van der Waals surface area contributed by atoms with Crippen LogP contribution in [0.25, 0.3) is 0 Å². The van der Waals surface area contributed by atoms with Gasteiger partial charge in [0, 0.05) is 11.1 Å². The summed E-state index contributed by atoms with van der Waals surface area (Å²) in [5, 5.41) is 5.56. The van der Waals surface area contributed by atoms with E-state index in [9.17, 15) is 9.59 Å². The van der Waals surface area contributed by atoms with Gasteiger partial charge in [-0.05, 0) is 13.8 Å². The lowest BCUT2D eigenvalue weighted by Crippen LogP contribution is -2.56. The molecule has 1 atom stereocenters. The molecular formula is C10H13N3O2S. The van der Waals surface area contributed by atoms with Crippen LogP contribution in [-0.2, 0) is 16.1 Å². The van der Waals surface area contributed by atoms with E-state index < -0.39 is 0 Å². The first-order valence-corrected chi connectivity index (χ1v) is 5.94. The average molecular weight is 239 g/mol. The van der Waals surface area contributed by atoms with E-state index >= 15 is 0 Å². The van der Waals surface area contributed by atoms with E-state index in [4.69, 9.17) is 0 Å². The minimum absolute atomic E-state index is 0.177. The molecule has 1 saturated heterocycles. The summed E-state index contributed by atoms with van der Waals surface area (Å²) in [6.07, 6.45) is 0. The first-order chi connectivity index (χ1) is 7.58. The van der Waals surface area contributed by atoms with Gasteiger partial charge in [0.25, 0.3) is 0 Å². The van der Waals surface area contributed by atoms with Gasteiger partial charge < -0.3 is 0 Å². The topological polar surface area (TPSA) is 62.3 Å². The van der Waals surface area contributed by atoms with Gasteiger partial charge in [-0.3, -0.25) is 19.8 Å². The van der Waals surface area contributed by atoms with Crippen molar-refractivity contribution in [2.24, 2.45) is 0 Å². The van der Waals surface area contributed by atoms with E-state index in [1.807, 2.05) is 12.3 Å². The monoisotopic (exact) mass is 239 g/mol. The fourth-order valence-corrected chi connectivity index (χ4v) is 2.32. The maximum absolute atomic E-state index is 11.8. The molecule has 0 saturated carbocycles. The van der Waals surface area contributed by atoms with Crippen molar-refractivity contribution in [3.8, 4) is 0 Å². The second-order valence-corrected chi connectivity index (χ2v) is 4.75. The van der Waals surface area contributed by atoms with Gasteiger partial charge in [-0.2, -0.15) is 0 Å². The highest BCUT2D eigenvalue weighted by Crippen LogP contribution is 2.14. The van der Waals surface area contributed by atoms with Crippen LogP contribution in [0.2, 0.25) is 0 Å². The van der Waals surface area contributed by atoms with Crippen molar-refractivity contribution < 1.29 is 9.59 Å². The molecular weight excluding hydrogens is 226 g/mol. The van der Waals surface area contributed by atoms with Crippen LogP contribution in [0.1, 0.15) is 17.6 Å². The Labute approximate surface area is 97.5 Å². The lowest BCUT2D eigenvalue weighted by Gasteiger charge is -2.28. The molecule has 1 aromatic rings. The molecule has 0 bridgehead atoms. The van der Waals surface area contributed by atoms with Crippen molar-refractivity contribution in [1.29, 1.82) is 0 Å². The number of hydrogen-bond donors (Lipinski definition) is 1. The van der Waals surface area contributed by atoms with Crippen molar-refractivity contribution in [3.05, 3.63) is 16.1 Å². The summed E-state index contributed by atoms with van der Waals surface area (Å²) in [4.78, 5) is 28.9. The molecule has 1 fully saturated rings. The highest BCUT2D eigenvalue weighted by atomic mass is 32.1. The second-order valence-electron chi connectivity index (χ2n) is 3.80. The number of rotatable bonds is 2. The van der Waals surface area contributed by atoms with Crippen molar-refractivity contribution in [3.63, 3.8) is 0 Å². The summed E-state index contributed by atoms with van der Waals surface area (Å²) in [6.45, 7) is 4.17. The Morgan fingerprint density at radius 3 is 3.00 bits per heavy atom. The number of nitrogens with zero attached hydrogens (tertiary/aromatic N) is 2. The minimum atomic E-state index is -0.293. The number of aryl methyl sites for hydroxylation is 1. The molecule has 1 aromatic heterocycles. The average Bonchev–Trinajstić information content (AvgIpc) is 2.65. The summed E-state index contributed by atoms with van der Waals surface area (Å²) < 4.78 is 0. The maximum atomic E-state index is 11.8. The van der Waals surface area contributed by atoms with E-state index in [1.165, 1.54) is 16.2 Å². The number of carbonyl (C=O) groups is 2. The summed E-state index contributed by atoms with van der Waals surface area (Å²) in [5.41, 5.74) is 0.920. The molecule has 1 unspecified atom stereocenters. The van der Waals surface area contributed by atoms with Crippen LogP contribution in [0.3, 0.4) is 0 Å². The summed E-state index contributed by atoms with van der Waals surface area (Å²) in [6, 6.07) is -0.293. The SMILES string of the molecule is Cc1csc(CN2C(=O)CNC(C)C2=O)n1. The van der Waals surface area contributed by atoms with Gasteiger partial charge in [0.1, 0.15) is 5.01 Å². The fourth-order valence-electron chi connectivity index (χ4n) is 1.56. The van der Waals surface area contributed by atoms with E-state index in [2.05, 4.69) is 10.3 Å². The molecule has 2 amide bonds. The molecule has 1 N–H and O–H groups in total. The molecule has 0 spiro atoms. The van der Waals surface area contributed by atoms with Gasteiger partial charge in [0.2, 0.25) is 11.8 Å². The smallest absolute Gasteiger partial charge is 0.246 e. The van der Waals surface area contributed by atoms with Crippen LogP contribution >= 0.6 is 11.3 Å². The number of amides is 2. The molecule has 1 aliphatic heterocycles. The van der Waals surface area contributed by atoms with Crippen molar-refractivity contribution in [2.45, 2.75) is 26.4 Å². The third kappa shape index (κ3) is 2.12. The number of aromatic nitrogens is 1. The van der Waals surface area contributed by atoms with Crippen LogP contribution in [0.15, 0.2) is 5.38 Å². The van der Waals surface area contributed by atoms with Crippen molar-refractivity contribution >= 4 is 23.2 Å². The first-order valence-electron chi connectivity index (χ1n) is 5.06. The Kier molecular flexibility index (Phi) is 3.02. The van der Waals surface area contributed by atoms with Gasteiger partial charge in [-0.15, -0.1) is 11.3 Å². The largest absolute Gasteiger partial charge is 0.298 e. The maximum Gasteiger partial charge on any atom is 0.246 e. The highest BCUT2D eigenvalue weighted by Gasteiger charge is 2.31. The van der Waals surface area contributed by atoms with Gasteiger partial charge >= 0.3 is 0 Å². The molecule has 0 aliphatic carbocycles. The summed E-state index contributed by atoms with van der Waals surface area (Å²) in [5.74, 6) is -0.361. The molecule has 1 aliphatic rings. The lowest BCUT2D eigenvalue weighted by molar-refractivity contribution is -0.149. The number of nitrogens with one attached hydrogen (secondary N) is 1. The molecule has 6 heteroatoms. The Bertz CT molecular complexity index is 429. The summed E-state index contributed by atoms with van der Waals surface area (Å²) in [7, 11) is 0. The van der Waals surface area contributed by atoms with E-state index in [-0.39, 0.29) is 24.4 Å². The lowest BCUT2D eigenvalue weighted by atomic mass is 10.2. The standard InChI is InChI=1S/C10H13N3O2S/c1-6-5-16-8(12-6)4-13-9(14)3-11-7(2)10(13)15/h5,7,11H,3-4H2,1-2H3. The fraction of sp³-hybridized carbons (Fsp3) is 0.500. The zero-order valence-electron chi connectivity index (χ0n) is 9.19. The second kappa shape index (κ2) is 4.31. The third-order valence-electron chi connectivity index (χ3n) is 2.46. The summed E-state index contributed by atoms with van der Waals surface area (Å²) >= 11 is 1.47. The third-order valence-corrected chi connectivity index (χ3v) is 3.41. The normalized spacial score (nSPS) is 21.6. The molecule has 5 nitrogen and oxygen atoms in total. The van der Waals surface area contributed by atoms with Crippen molar-refractivity contribution in [1.82, 2.24) is 15.2 Å². The number of thiazole rings is 1. The number of piperazine rings is 1.